The van der Waals surface area contributed by atoms with Crippen LogP contribution in [0.2, 0.25) is 0 Å². The van der Waals surface area contributed by atoms with Crippen molar-refractivity contribution >= 4 is 16.7 Å². The van der Waals surface area contributed by atoms with E-state index in [-0.39, 0.29) is 5.78 Å². The summed E-state index contributed by atoms with van der Waals surface area (Å²) in [7, 11) is 0. The number of ketones is 1. The van der Waals surface area contributed by atoms with Crippen LogP contribution in [-0.4, -0.2) is 10.8 Å². The second-order valence-corrected chi connectivity index (χ2v) is 5.32. The van der Waals surface area contributed by atoms with Gasteiger partial charge in [0.25, 0.3) is 0 Å². The molecule has 0 radical (unpaired) electrons. The van der Waals surface area contributed by atoms with Crippen LogP contribution >= 0.6 is 0 Å². The highest BCUT2D eigenvalue weighted by molar-refractivity contribution is 6.01. The zero-order chi connectivity index (χ0) is 15.7. The van der Waals surface area contributed by atoms with Crippen LogP contribution in [-0.2, 0) is 0 Å². The molecule has 0 saturated carbocycles. The van der Waals surface area contributed by atoms with E-state index in [4.69, 9.17) is 5.26 Å². The molecular weight excluding hydrogens is 272 g/mol. The highest BCUT2D eigenvalue weighted by atomic mass is 16.1. The van der Waals surface area contributed by atoms with Gasteiger partial charge in [-0.1, -0.05) is 24.3 Å². The summed E-state index contributed by atoms with van der Waals surface area (Å²) in [5, 5.41) is 9.91. The van der Waals surface area contributed by atoms with E-state index in [1.807, 2.05) is 43.3 Å². The molecule has 0 aliphatic carbocycles. The van der Waals surface area contributed by atoms with Crippen molar-refractivity contribution in [2.24, 2.45) is 0 Å². The number of rotatable bonds is 2. The Morgan fingerprint density at radius 1 is 1.09 bits per heavy atom. The van der Waals surface area contributed by atoms with E-state index in [0.717, 1.165) is 27.6 Å². The van der Waals surface area contributed by atoms with E-state index in [9.17, 15) is 4.79 Å². The molecule has 0 amide bonds. The SMILES string of the molecule is CC(=O)c1cc(-c2ccc(C#N)cc2)c2ccc(C)cc2n1. The first-order valence-electron chi connectivity index (χ1n) is 7.01. The van der Waals surface area contributed by atoms with E-state index in [1.165, 1.54) is 6.92 Å². The summed E-state index contributed by atoms with van der Waals surface area (Å²) >= 11 is 0. The molecule has 0 atom stereocenters. The number of fused-ring (bicyclic) bond motifs is 1. The molecule has 0 bridgehead atoms. The molecule has 2 aromatic carbocycles. The fourth-order valence-corrected chi connectivity index (χ4v) is 2.48. The number of aryl methyl sites for hydroxylation is 1. The fourth-order valence-electron chi connectivity index (χ4n) is 2.48. The monoisotopic (exact) mass is 286 g/mol. The van der Waals surface area contributed by atoms with E-state index in [0.29, 0.717) is 11.3 Å². The highest BCUT2D eigenvalue weighted by Gasteiger charge is 2.11. The first-order chi connectivity index (χ1) is 10.6. The van der Waals surface area contributed by atoms with Crippen molar-refractivity contribution in [2.45, 2.75) is 13.8 Å². The Labute approximate surface area is 128 Å². The van der Waals surface area contributed by atoms with Gasteiger partial charge in [0.1, 0.15) is 5.69 Å². The first-order valence-corrected chi connectivity index (χ1v) is 7.01. The van der Waals surface area contributed by atoms with Crippen LogP contribution < -0.4 is 0 Å². The molecule has 0 fully saturated rings. The van der Waals surface area contributed by atoms with Crippen LogP contribution in [0.5, 0.6) is 0 Å². The molecular formula is C19H14N2O. The quantitative estimate of drug-likeness (QED) is 0.660. The van der Waals surface area contributed by atoms with Crippen LogP contribution in [0.15, 0.2) is 48.5 Å². The molecule has 22 heavy (non-hydrogen) atoms. The van der Waals surface area contributed by atoms with Gasteiger partial charge in [0.15, 0.2) is 5.78 Å². The van der Waals surface area contributed by atoms with Crippen molar-refractivity contribution in [2.75, 3.05) is 0 Å². The van der Waals surface area contributed by atoms with Crippen molar-refractivity contribution in [1.29, 1.82) is 5.26 Å². The van der Waals surface area contributed by atoms with Crippen LogP contribution in [0.3, 0.4) is 0 Å². The number of hydrogen-bond donors (Lipinski definition) is 0. The van der Waals surface area contributed by atoms with E-state index < -0.39 is 0 Å². The molecule has 3 aromatic rings. The molecule has 0 aliphatic heterocycles. The molecule has 1 aromatic heterocycles. The molecule has 3 rings (SSSR count). The predicted molar refractivity (Wildman–Crippen MR) is 86.6 cm³/mol. The average Bonchev–Trinajstić information content (AvgIpc) is 2.53. The van der Waals surface area contributed by atoms with Gasteiger partial charge < -0.3 is 0 Å². The number of pyridine rings is 1. The molecule has 1 heterocycles. The van der Waals surface area contributed by atoms with Gasteiger partial charge >= 0.3 is 0 Å². The topological polar surface area (TPSA) is 53.8 Å². The number of aromatic nitrogens is 1. The van der Waals surface area contributed by atoms with E-state index in [1.54, 1.807) is 12.1 Å². The maximum Gasteiger partial charge on any atom is 0.178 e. The van der Waals surface area contributed by atoms with Crippen molar-refractivity contribution in [3.05, 3.63) is 65.4 Å². The third kappa shape index (κ3) is 2.47. The highest BCUT2D eigenvalue weighted by Crippen LogP contribution is 2.29. The lowest BCUT2D eigenvalue weighted by Crippen LogP contribution is -1.98. The van der Waals surface area contributed by atoms with Gasteiger partial charge in [-0.2, -0.15) is 5.26 Å². The minimum Gasteiger partial charge on any atom is -0.293 e. The molecule has 106 valence electrons. The third-order valence-electron chi connectivity index (χ3n) is 3.65. The summed E-state index contributed by atoms with van der Waals surface area (Å²) < 4.78 is 0. The lowest BCUT2D eigenvalue weighted by molar-refractivity contribution is 0.101. The number of hydrogen-bond acceptors (Lipinski definition) is 3. The molecule has 0 N–H and O–H groups in total. The molecule has 0 unspecified atom stereocenters. The van der Waals surface area contributed by atoms with Crippen LogP contribution in [0.4, 0.5) is 0 Å². The molecule has 3 nitrogen and oxygen atoms in total. The van der Waals surface area contributed by atoms with Gasteiger partial charge in [-0.15, -0.1) is 0 Å². The summed E-state index contributed by atoms with van der Waals surface area (Å²) in [6.07, 6.45) is 0. The fraction of sp³-hybridized carbons (Fsp3) is 0.105. The smallest absolute Gasteiger partial charge is 0.178 e. The summed E-state index contributed by atoms with van der Waals surface area (Å²) in [6, 6.07) is 17.3. The Morgan fingerprint density at radius 2 is 1.82 bits per heavy atom. The number of Topliss-reactive ketones (excluding diaryl/α,β-unsaturated/α-hetero) is 1. The number of carbonyl (C=O) groups is 1. The van der Waals surface area contributed by atoms with Gasteiger partial charge in [0.2, 0.25) is 0 Å². The zero-order valence-corrected chi connectivity index (χ0v) is 12.4. The third-order valence-corrected chi connectivity index (χ3v) is 3.65. The normalized spacial score (nSPS) is 10.4. The molecule has 0 saturated heterocycles. The summed E-state index contributed by atoms with van der Waals surface area (Å²) in [5.74, 6) is -0.0571. The Kier molecular flexibility index (Phi) is 3.44. The number of nitrogens with zero attached hydrogens (tertiary/aromatic N) is 2. The van der Waals surface area contributed by atoms with Gasteiger partial charge in [0.05, 0.1) is 17.1 Å². The molecule has 0 aliphatic rings. The maximum atomic E-state index is 11.8. The minimum absolute atomic E-state index is 0.0571. The predicted octanol–water partition coefficient (Wildman–Crippen LogP) is 4.28. The summed E-state index contributed by atoms with van der Waals surface area (Å²) in [5.41, 5.74) is 4.91. The van der Waals surface area contributed by atoms with Gasteiger partial charge in [-0.3, -0.25) is 4.79 Å². The maximum absolute atomic E-state index is 11.8. The minimum atomic E-state index is -0.0571. The second-order valence-electron chi connectivity index (χ2n) is 5.32. The second kappa shape index (κ2) is 5.42. The Morgan fingerprint density at radius 3 is 2.45 bits per heavy atom. The Bertz CT molecular complexity index is 919. The lowest BCUT2D eigenvalue weighted by atomic mass is 9.98. The van der Waals surface area contributed by atoms with Crippen LogP contribution in [0.1, 0.15) is 28.5 Å². The lowest BCUT2D eigenvalue weighted by Gasteiger charge is -2.09. The largest absolute Gasteiger partial charge is 0.293 e. The van der Waals surface area contributed by atoms with Gasteiger partial charge in [-0.05, 0) is 47.9 Å². The van der Waals surface area contributed by atoms with Gasteiger partial charge in [0, 0.05) is 12.3 Å². The van der Waals surface area contributed by atoms with Crippen molar-refractivity contribution < 1.29 is 4.79 Å². The van der Waals surface area contributed by atoms with E-state index in [2.05, 4.69) is 11.1 Å². The molecule has 0 spiro atoms. The summed E-state index contributed by atoms with van der Waals surface area (Å²) in [4.78, 5) is 16.2. The average molecular weight is 286 g/mol. The Balaban J connectivity index is 2.30. The summed E-state index contributed by atoms with van der Waals surface area (Å²) in [6.45, 7) is 3.52. The van der Waals surface area contributed by atoms with Crippen LogP contribution in [0, 0.1) is 18.3 Å². The Hall–Kier alpha value is -2.99. The first kappa shape index (κ1) is 14.0. The van der Waals surface area contributed by atoms with Crippen molar-refractivity contribution in [3.63, 3.8) is 0 Å². The standard InChI is InChI=1S/C19H14N2O/c1-12-3-8-16-17(15-6-4-14(11-20)5-7-15)10-18(13(2)22)21-19(16)9-12/h3-10H,1-2H3. The molecule has 3 heteroatoms. The number of benzene rings is 2. The zero-order valence-electron chi connectivity index (χ0n) is 12.4. The van der Waals surface area contributed by atoms with Crippen molar-refractivity contribution in [1.82, 2.24) is 4.98 Å². The van der Waals surface area contributed by atoms with Crippen molar-refractivity contribution in [3.8, 4) is 17.2 Å². The van der Waals surface area contributed by atoms with Gasteiger partial charge in [-0.25, -0.2) is 4.98 Å². The van der Waals surface area contributed by atoms with Crippen LogP contribution in [0.25, 0.3) is 22.0 Å². The number of carbonyl (C=O) groups excluding carboxylic acids is 1. The number of nitriles is 1. The van der Waals surface area contributed by atoms with E-state index >= 15 is 0 Å².